The molecule has 2 aromatic carbocycles. The van der Waals surface area contributed by atoms with E-state index in [0.717, 1.165) is 39.4 Å². The Balaban J connectivity index is 1.29. The van der Waals surface area contributed by atoms with Crippen LogP contribution in [0.4, 0.5) is 0 Å². The van der Waals surface area contributed by atoms with Crippen molar-refractivity contribution in [1.29, 1.82) is 0 Å². The van der Waals surface area contributed by atoms with Gasteiger partial charge < -0.3 is 10.3 Å². The summed E-state index contributed by atoms with van der Waals surface area (Å²) in [6.45, 7) is 0.392. The molecule has 7 heteroatoms. The highest BCUT2D eigenvalue weighted by Crippen LogP contribution is 2.23. The van der Waals surface area contributed by atoms with Crippen LogP contribution in [-0.4, -0.2) is 30.6 Å². The summed E-state index contributed by atoms with van der Waals surface area (Å²) in [5.74, 6) is 0.786. The molecule has 3 aromatic heterocycles. The Morgan fingerprint density at radius 2 is 1.75 bits per heavy atom. The van der Waals surface area contributed by atoms with Gasteiger partial charge in [0, 0.05) is 49.1 Å². The number of hydrogen-bond acceptors (Lipinski definition) is 4. The van der Waals surface area contributed by atoms with Crippen LogP contribution in [0.1, 0.15) is 17.8 Å². The Hall–Kier alpha value is -4.26. The number of carbonyl (C=O) groups excluding carboxylic acids is 1. The van der Waals surface area contributed by atoms with E-state index in [1.807, 2.05) is 77.6 Å². The van der Waals surface area contributed by atoms with Crippen LogP contribution in [0.3, 0.4) is 0 Å². The number of fused-ring (bicyclic) bond motifs is 1. The Kier molecular flexibility index (Phi) is 5.45. The summed E-state index contributed by atoms with van der Waals surface area (Å²) in [4.78, 5) is 24.4. The molecule has 0 saturated carbocycles. The van der Waals surface area contributed by atoms with Crippen molar-refractivity contribution in [3.63, 3.8) is 0 Å². The highest BCUT2D eigenvalue weighted by Gasteiger charge is 2.14. The van der Waals surface area contributed by atoms with Gasteiger partial charge in [-0.3, -0.25) is 9.78 Å². The predicted octanol–water partition coefficient (Wildman–Crippen LogP) is 4.06. The van der Waals surface area contributed by atoms with Gasteiger partial charge in [-0.15, -0.1) is 0 Å². The number of H-pyrrole nitrogens is 1. The quantitative estimate of drug-likeness (QED) is 0.414. The molecule has 7 nitrogen and oxygen atoms in total. The van der Waals surface area contributed by atoms with Gasteiger partial charge in [-0.25, -0.2) is 9.67 Å². The second kappa shape index (κ2) is 8.85. The Labute approximate surface area is 185 Å². The molecule has 0 aliphatic rings. The number of nitrogens with one attached hydrogen (secondary N) is 2. The van der Waals surface area contributed by atoms with Crippen molar-refractivity contribution >= 4 is 16.9 Å². The van der Waals surface area contributed by atoms with Gasteiger partial charge in [0.15, 0.2) is 0 Å². The Bertz CT molecular complexity index is 1310. The zero-order valence-corrected chi connectivity index (χ0v) is 17.4. The van der Waals surface area contributed by atoms with E-state index in [1.54, 1.807) is 12.4 Å². The van der Waals surface area contributed by atoms with Crippen LogP contribution in [0.2, 0.25) is 0 Å². The van der Waals surface area contributed by atoms with Gasteiger partial charge in [0.2, 0.25) is 5.91 Å². The topological polar surface area (TPSA) is 88.5 Å². The first kappa shape index (κ1) is 19.7. The molecule has 0 spiro atoms. The molecule has 0 aliphatic carbocycles. The standard InChI is InChI=1S/C25H22N6O/c32-24(11-10-23-28-21-8-4-5-9-22(21)29-23)27-16-19-17-31(20-6-2-1-3-7-20)30-25(19)18-12-14-26-15-13-18/h1-9,12-15,17H,10-11,16H2,(H,27,32)(H,28,29). The number of pyridine rings is 1. The lowest BCUT2D eigenvalue weighted by atomic mass is 10.1. The molecule has 0 radical (unpaired) electrons. The maximum absolute atomic E-state index is 12.5. The summed E-state index contributed by atoms with van der Waals surface area (Å²) < 4.78 is 1.84. The SMILES string of the molecule is O=C(CCc1nc2ccccc2[nH]1)NCc1cn(-c2ccccc2)nc1-c1ccncc1. The average molecular weight is 422 g/mol. The molecule has 158 valence electrons. The summed E-state index contributed by atoms with van der Waals surface area (Å²) in [7, 11) is 0. The number of rotatable bonds is 7. The first-order chi connectivity index (χ1) is 15.8. The van der Waals surface area contributed by atoms with Crippen molar-refractivity contribution < 1.29 is 4.79 Å². The monoisotopic (exact) mass is 422 g/mol. The van der Waals surface area contributed by atoms with Crippen molar-refractivity contribution in [3.8, 4) is 16.9 Å². The van der Waals surface area contributed by atoms with Gasteiger partial charge >= 0.3 is 0 Å². The maximum Gasteiger partial charge on any atom is 0.220 e. The molecule has 0 atom stereocenters. The Morgan fingerprint density at radius 3 is 2.56 bits per heavy atom. The number of carbonyl (C=O) groups is 1. The fourth-order valence-corrected chi connectivity index (χ4v) is 3.64. The molecule has 5 rings (SSSR count). The second-order valence-corrected chi connectivity index (χ2v) is 7.50. The highest BCUT2D eigenvalue weighted by atomic mass is 16.1. The molecular weight excluding hydrogens is 400 g/mol. The first-order valence-corrected chi connectivity index (χ1v) is 10.5. The third-order valence-electron chi connectivity index (χ3n) is 5.27. The molecule has 0 bridgehead atoms. The van der Waals surface area contributed by atoms with Crippen LogP contribution < -0.4 is 5.32 Å². The van der Waals surface area contributed by atoms with Gasteiger partial charge in [-0.05, 0) is 36.4 Å². The lowest BCUT2D eigenvalue weighted by Crippen LogP contribution is -2.23. The third kappa shape index (κ3) is 4.27. The average Bonchev–Trinajstić information content (AvgIpc) is 3.47. The van der Waals surface area contributed by atoms with E-state index in [-0.39, 0.29) is 5.91 Å². The van der Waals surface area contributed by atoms with Crippen LogP contribution in [-0.2, 0) is 17.8 Å². The number of nitrogens with zero attached hydrogens (tertiary/aromatic N) is 4. The fraction of sp³-hybridized carbons (Fsp3) is 0.120. The molecule has 0 fully saturated rings. The van der Waals surface area contributed by atoms with Crippen LogP contribution >= 0.6 is 0 Å². The summed E-state index contributed by atoms with van der Waals surface area (Å²) in [5.41, 5.74) is 5.59. The number of aromatic amines is 1. The van der Waals surface area contributed by atoms with Gasteiger partial charge in [0.25, 0.3) is 0 Å². The van der Waals surface area contributed by atoms with E-state index in [4.69, 9.17) is 5.10 Å². The van der Waals surface area contributed by atoms with Crippen LogP contribution in [0.25, 0.3) is 28.0 Å². The predicted molar refractivity (Wildman–Crippen MR) is 123 cm³/mol. The highest BCUT2D eigenvalue weighted by molar-refractivity contribution is 5.77. The number of aryl methyl sites for hydroxylation is 1. The minimum absolute atomic E-state index is 0.0291. The zero-order chi connectivity index (χ0) is 21.8. The van der Waals surface area contributed by atoms with Crippen molar-refractivity contribution in [1.82, 2.24) is 30.0 Å². The summed E-state index contributed by atoms with van der Waals surface area (Å²) in [5, 5.41) is 7.80. The second-order valence-electron chi connectivity index (χ2n) is 7.50. The minimum Gasteiger partial charge on any atom is -0.352 e. The molecule has 5 aromatic rings. The number of amides is 1. The molecule has 1 amide bonds. The van der Waals surface area contributed by atoms with Crippen molar-refractivity contribution in [2.24, 2.45) is 0 Å². The largest absolute Gasteiger partial charge is 0.352 e. The van der Waals surface area contributed by atoms with Crippen LogP contribution in [0.5, 0.6) is 0 Å². The van der Waals surface area contributed by atoms with Crippen LogP contribution in [0.15, 0.2) is 85.3 Å². The number of benzene rings is 2. The normalized spacial score (nSPS) is 11.0. The summed E-state index contributed by atoms with van der Waals surface area (Å²) >= 11 is 0. The Morgan fingerprint density at radius 1 is 0.969 bits per heavy atom. The van der Waals surface area contributed by atoms with Crippen molar-refractivity contribution in [2.75, 3.05) is 0 Å². The van der Waals surface area contributed by atoms with Crippen molar-refractivity contribution in [3.05, 3.63) is 96.7 Å². The molecule has 32 heavy (non-hydrogen) atoms. The van der Waals surface area contributed by atoms with E-state index >= 15 is 0 Å². The molecule has 0 saturated heterocycles. The van der Waals surface area contributed by atoms with Gasteiger partial charge in [-0.2, -0.15) is 5.10 Å². The molecule has 0 aliphatic heterocycles. The van der Waals surface area contributed by atoms with E-state index in [2.05, 4.69) is 20.3 Å². The maximum atomic E-state index is 12.5. The summed E-state index contributed by atoms with van der Waals surface area (Å²) in [6.07, 6.45) is 6.36. The van der Waals surface area contributed by atoms with E-state index in [1.165, 1.54) is 0 Å². The minimum atomic E-state index is -0.0291. The first-order valence-electron chi connectivity index (χ1n) is 10.5. The van der Waals surface area contributed by atoms with Gasteiger partial charge in [-0.1, -0.05) is 30.3 Å². The number of aromatic nitrogens is 5. The third-order valence-corrected chi connectivity index (χ3v) is 5.27. The zero-order valence-electron chi connectivity index (χ0n) is 17.4. The number of imidazole rings is 1. The van der Waals surface area contributed by atoms with Crippen molar-refractivity contribution in [2.45, 2.75) is 19.4 Å². The smallest absolute Gasteiger partial charge is 0.220 e. The fourth-order valence-electron chi connectivity index (χ4n) is 3.64. The van der Waals surface area contributed by atoms with Crippen LogP contribution in [0, 0.1) is 0 Å². The number of para-hydroxylation sites is 3. The van der Waals surface area contributed by atoms with Gasteiger partial charge in [0.1, 0.15) is 5.82 Å². The molecule has 2 N–H and O–H groups in total. The molecule has 3 heterocycles. The molecular formula is C25H22N6O. The lowest BCUT2D eigenvalue weighted by molar-refractivity contribution is -0.121. The van der Waals surface area contributed by atoms with E-state index < -0.39 is 0 Å². The lowest BCUT2D eigenvalue weighted by Gasteiger charge is -2.05. The number of hydrogen-bond donors (Lipinski definition) is 2. The molecule has 0 unspecified atom stereocenters. The van der Waals surface area contributed by atoms with E-state index in [9.17, 15) is 4.79 Å². The van der Waals surface area contributed by atoms with Gasteiger partial charge in [0.05, 0.1) is 22.4 Å². The van der Waals surface area contributed by atoms with E-state index in [0.29, 0.717) is 19.4 Å². The summed E-state index contributed by atoms with van der Waals surface area (Å²) in [6, 6.07) is 21.6.